The van der Waals surface area contributed by atoms with Gasteiger partial charge in [-0.2, -0.15) is 0 Å². The van der Waals surface area contributed by atoms with Gasteiger partial charge in [0.2, 0.25) is 5.91 Å². The van der Waals surface area contributed by atoms with E-state index in [2.05, 4.69) is 44.4 Å². The van der Waals surface area contributed by atoms with Crippen LogP contribution in [-0.4, -0.2) is 50.8 Å². The number of nitrogens with zero attached hydrogens (tertiary/aromatic N) is 3. The molecule has 0 bridgehead atoms. The second kappa shape index (κ2) is 11.2. The Bertz CT molecular complexity index is 1000. The predicted octanol–water partition coefficient (Wildman–Crippen LogP) is 4.21. The summed E-state index contributed by atoms with van der Waals surface area (Å²) in [5, 5.41) is 2.91. The van der Waals surface area contributed by atoms with E-state index in [1.54, 1.807) is 13.3 Å². The van der Waals surface area contributed by atoms with Crippen molar-refractivity contribution in [3.05, 3.63) is 72.9 Å². The number of amides is 1. The standard InChI is InChI=1S/C26H30N4O3/c1-32-23-10-12-24(13-11-23)33-19-5-8-26(31)28-21-9-14-25(27-20-21)30-17-15-29(16-18-30)22-6-3-2-4-7-22/h2-4,6-7,9-14,20H,5,8,15-19H2,1H3,(H,28,31). The smallest absolute Gasteiger partial charge is 0.224 e. The summed E-state index contributed by atoms with van der Waals surface area (Å²) in [6.45, 7) is 4.24. The van der Waals surface area contributed by atoms with Gasteiger partial charge in [0, 0.05) is 38.3 Å². The molecule has 2 heterocycles. The highest BCUT2D eigenvalue weighted by atomic mass is 16.5. The van der Waals surface area contributed by atoms with Gasteiger partial charge >= 0.3 is 0 Å². The minimum Gasteiger partial charge on any atom is -0.497 e. The molecule has 1 aliphatic heterocycles. The van der Waals surface area contributed by atoms with Crippen molar-refractivity contribution < 1.29 is 14.3 Å². The van der Waals surface area contributed by atoms with E-state index >= 15 is 0 Å². The van der Waals surface area contributed by atoms with Crippen molar-refractivity contribution in [2.24, 2.45) is 0 Å². The maximum absolute atomic E-state index is 12.2. The fourth-order valence-electron chi connectivity index (χ4n) is 3.80. The third-order valence-electron chi connectivity index (χ3n) is 5.63. The molecule has 0 saturated carbocycles. The molecule has 0 atom stereocenters. The Hall–Kier alpha value is -3.74. The number of hydrogen-bond donors (Lipinski definition) is 1. The molecule has 1 fully saturated rings. The van der Waals surface area contributed by atoms with Gasteiger partial charge in [-0.3, -0.25) is 4.79 Å². The number of rotatable bonds is 9. The SMILES string of the molecule is COc1ccc(OCCCC(=O)Nc2ccc(N3CCN(c4ccccc4)CC3)nc2)cc1. The van der Waals surface area contributed by atoms with Crippen molar-refractivity contribution in [3.63, 3.8) is 0 Å². The number of carbonyl (C=O) groups excluding carboxylic acids is 1. The number of aromatic nitrogens is 1. The molecule has 1 aromatic heterocycles. The van der Waals surface area contributed by atoms with Crippen molar-refractivity contribution in [2.75, 3.05) is 55.0 Å². The van der Waals surface area contributed by atoms with Crippen LogP contribution >= 0.6 is 0 Å². The first kappa shape index (κ1) is 22.5. The van der Waals surface area contributed by atoms with Crippen molar-refractivity contribution in [3.8, 4) is 11.5 Å². The van der Waals surface area contributed by atoms with E-state index in [4.69, 9.17) is 9.47 Å². The number of ether oxygens (including phenoxy) is 2. The normalized spacial score (nSPS) is 13.5. The lowest BCUT2D eigenvalue weighted by Crippen LogP contribution is -2.46. The minimum absolute atomic E-state index is 0.0423. The summed E-state index contributed by atoms with van der Waals surface area (Å²) >= 11 is 0. The lowest BCUT2D eigenvalue weighted by Gasteiger charge is -2.36. The zero-order valence-electron chi connectivity index (χ0n) is 18.9. The number of benzene rings is 2. The zero-order chi connectivity index (χ0) is 22.9. The number of anilines is 3. The highest BCUT2D eigenvalue weighted by molar-refractivity contribution is 5.90. The summed E-state index contributed by atoms with van der Waals surface area (Å²) in [6, 6.07) is 21.8. The molecule has 7 nitrogen and oxygen atoms in total. The van der Waals surface area contributed by atoms with Crippen LogP contribution in [-0.2, 0) is 4.79 Å². The van der Waals surface area contributed by atoms with Crippen LogP contribution in [0, 0.1) is 0 Å². The number of nitrogens with one attached hydrogen (secondary N) is 1. The average molecular weight is 447 g/mol. The van der Waals surface area contributed by atoms with Crippen LogP contribution in [0.2, 0.25) is 0 Å². The van der Waals surface area contributed by atoms with Crippen molar-refractivity contribution in [1.82, 2.24) is 4.98 Å². The summed E-state index contributed by atoms with van der Waals surface area (Å²) in [7, 11) is 1.63. The lowest BCUT2D eigenvalue weighted by atomic mass is 10.2. The third-order valence-corrected chi connectivity index (χ3v) is 5.63. The fraction of sp³-hybridized carbons (Fsp3) is 0.308. The van der Waals surface area contributed by atoms with Crippen molar-refractivity contribution >= 4 is 23.1 Å². The van der Waals surface area contributed by atoms with E-state index in [0.717, 1.165) is 43.5 Å². The summed E-state index contributed by atoms with van der Waals surface area (Å²) in [6.07, 6.45) is 2.75. The van der Waals surface area contributed by atoms with Gasteiger partial charge in [0.15, 0.2) is 0 Å². The molecule has 172 valence electrons. The van der Waals surface area contributed by atoms with Gasteiger partial charge < -0.3 is 24.6 Å². The topological polar surface area (TPSA) is 66.9 Å². The number of para-hydroxylation sites is 1. The number of methoxy groups -OCH3 is 1. The molecular formula is C26H30N4O3. The Morgan fingerprint density at radius 1 is 0.909 bits per heavy atom. The van der Waals surface area contributed by atoms with Gasteiger partial charge in [-0.15, -0.1) is 0 Å². The number of hydrogen-bond acceptors (Lipinski definition) is 6. The first-order chi connectivity index (χ1) is 16.2. The molecule has 4 rings (SSSR count). The van der Waals surface area contributed by atoms with Crippen LogP contribution in [0.25, 0.3) is 0 Å². The van der Waals surface area contributed by atoms with Crippen LogP contribution in [0.1, 0.15) is 12.8 Å². The van der Waals surface area contributed by atoms with Gasteiger partial charge in [0.05, 0.1) is 25.6 Å². The summed E-state index contributed by atoms with van der Waals surface area (Å²) in [4.78, 5) is 21.5. The molecule has 1 saturated heterocycles. The Balaban J connectivity index is 1.17. The highest BCUT2D eigenvalue weighted by Gasteiger charge is 2.18. The second-order valence-electron chi connectivity index (χ2n) is 7.89. The maximum atomic E-state index is 12.2. The van der Waals surface area contributed by atoms with Gasteiger partial charge in [-0.05, 0) is 55.0 Å². The molecule has 1 aliphatic rings. The summed E-state index contributed by atoms with van der Waals surface area (Å²) in [5.41, 5.74) is 1.97. The first-order valence-corrected chi connectivity index (χ1v) is 11.3. The quantitative estimate of drug-likeness (QED) is 0.497. The zero-order valence-corrected chi connectivity index (χ0v) is 18.9. The molecule has 1 N–H and O–H groups in total. The molecule has 7 heteroatoms. The van der Waals surface area contributed by atoms with E-state index in [1.165, 1.54) is 5.69 Å². The minimum atomic E-state index is -0.0423. The summed E-state index contributed by atoms with van der Waals surface area (Å²) < 4.78 is 10.8. The lowest BCUT2D eigenvalue weighted by molar-refractivity contribution is -0.116. The molecule has 0 unspecified atom stereocenters. The second-order valence-corrected chi connectivity index (χ2v) is 7.89. The fourth-order valence-corrected chi connectivity index (χ4v) is 3.80. The predicted molar refractivity (Wildman–Crippen MR) is 131 cm³/mol. The molecule has 0 radical (unpaired) electrons. The molecule has 2 aromatic carbocycles. The van der Waals surface area contributed by atoms with E-state index in [-0.39, 0.29) is 5.91 Å². The summed E-state index contributed by atoms with van der Waals surface area (Å²) in [5.74, 6) is 2.45. The van der Waals surface area contributed by atoms with Gasteiger partial charge in [-0.25, -0.2) is 4.98 Å². The van der Waals surface area contributed by atoms with E-state index in [1.807, 2.05) is 42.5 Å². The van der Waals surface area contributed by atoms with Gasteiger partial charge in [-0.1, -0.05) is 18.2 Å². The molecule has 3 aromatic rings. The molecule has 0 spiro atoms. The van der Waals surface area contributed by atoms with Crippen LogP contribution in [0.15, 0.2) is 72.9 Å². The monoisotopic (exact) mass is 446 g/mol. The van der Waals surface area contributed by atoms with Crippen LogP contribution in [0.3, 0.4) is 0 Å². The molecule has 0 aliphatic carbocycles. The highest BCUT2D eigenvalue weighted by Crippen LogP contribution is 2.20. The average Bonchev–Trinajstić information content (AvgIpc) is 2.88. The number of piperazine rings is 1. The number of carbonyl (C=O) groups is 1. The van der Waals surface area contributed by atoms with Gasteiger partial charge in [0.1, 0.15) is 17.3 Å². The van der Waals surface area contributed by atoms with Crippen LogP contribution < -0.4 is 24.6 Å². The Morgan fingerprint density at radius 3 is 2.27 bits per heavy atom. The molecule has 33 heavy (non-hydrogen) atoms. The van der Waals surface area contributed by atoms with Crippen molar-refractivity contribution in [2.45, 2.75) is 12.8 Å². The van der Waals surface area contributed by atoms with Gasteiger partial charge in [0.25, 0.3) is 0 Å². The van der Waals surface area contributed by atoms with Crippen molar-refractivity contribution in [1.29, 1.82) is 0 Å². The maximum Gasteiger partial charge on any atom is 0.224 e. The third kappa shape index (κ3) is 6.38. The first-order valence-electron chi connectivity index (χ1n) is 11.3. The van der Waals surface area contributed by atoms with Crippen LogP contribution in [0.4, 0.5) is 17.2 Å². The molecule has 1 amide bonds. The Morgan fingerprint density at radius 2 is 1.61 bits per heavy atom. The van der Waals surface area contributed by atoms with E-state index in [0.29, 0.717) is 25.1 Å². The number of pyridine rings is 1. The van der Waals surface area contributed by atoms with E-state index in [9.17, 15) is 4.79 Å². The Labute approximate surface area is 195 Å². The largest absolute Gasteiger partial charge is 0.497 e. The molecular weight excluding hydrogens is 416 g/mol. The Kier molecular flexibility index (Phi) is 7.64. The van der Waals surface area contributed by atoms with E-state index < -0.39 is 0 Å². The van der Waals surface area contributed by atoms with Crippen LogP contribution in [0.5, 0.6) is 11.5 Å².